The molecule has 0 saturated carbocycles. The summed E-state index contributed by atoms with van der Waals surface area (Å²) >= 11 is 2.13. The Bertz CT molecular complexity index is 1060. The zero-order valence-corrected chi connectivity index (χ0v) is 21.2. The molecule has 0 radical (unpaired) electrons. The molecule has 0 aliphatic heterocycles. The number of aromatic nitrogens is 3. The monoisotopic (exact) mass is 564 g/mol. The third-order valence-electron chi connectivity index (χ3n) is 5.57. The van der Waals surface area contributed by atoms with E-state index in [1.807, 2.05) is 43.0 Å². The van der Waals surface area contributed by atoms with Crippen molar-refractivity contribution in [1.29, 1.82) is 0 Å². The van der Waals surface area contributed by atoms with E-state index in [1.165, 1.54) is 15.9 Å². The largest absolute Gasteiger partial charge is 0.352 e. The van der Waals surface area contributed by atoms with Crippen LogP contribution in [0, 0.1) is 3.70 Å². The van der Waals surface area contributed by atoms with E-state index in [9.17, 15) is 4.79 Å². The molecule has 0 fully saturated rings. The lowest BCUT2D eigenvalue weighted by Gasteiger charge is -2.27. The van der Waals surface area contributed by atoms with Crippen LogP contribution in [0.25, 0.3) is 0 Å². The minimum atomic E-state index is -1.93. The van der Waals surface area contributed by atoms with Crippen molar-refractivity contribution < 1.29 is 4.79 Å². The minimum absolute atomic E-state index is 0.0810. The summed E-state index contributed by atoms with van der Waals surface area (Å²) in [5.74, 6) is -0.0810. The van der Waals surface area contributed by atoms with Gasteiger partial charge in [0.05, 0.1) is 24.1 Å². The third-order valence-corrected chi connectivity index (χ3v) is 10.7. The highest BCUT2D eigenvalue weighted by atomic mass is 124. The number of halogens is 1. The first kappa shape index (κ1) is 23.5. The highest BCUT2D eigenvalue weighted by Gasteiger charge is 2.45. The Morgan fingerprint density at radius 3 is 2.03 bits per heavy atom. The number of carbonyl (C=O) groups is 1. The number of carbonyl (C=O) groups excluding carboxylic acids is 1. The summed E-state index contributed by atoms with van der Waals surface area (Å²) in [5.41, 5.74) is 0.590. The second kappa shape index (κ2) is 11.4. The van der Waals surface area contributed by atoms with Gasteiger partial charge in [0.25, 0.3) is 5.91 Å². The first-order valence-electron chi connectivity index (χ1n) is 10.8. The van der Waals surface area contributed by atoms with Crippen LogP contribution in [-0.2, 0) is 0 Å². The van der Waals surface area contributed by atoms with E-state index >= 15 is 0 Å². The molecular weight excluding hydrogens is 539 g/mol. The van der Waals surface area contributed by atoms with E-state index in [4.69, 9.17) is 0 Å². The number of unbranched alkanes of at least 4 members (excludes halogenated alkanes) is 1. The number of amides is 1. The lowest BCUT2D eigenvalue weighted by atomic mass is 10.2. The molecule has 166 valence electrons. The summed E-state index contributed by atoms with van der Waals surface area (Å²) in [6, 6.07) is 22.8. The number of nitrogens with one attached hydrogen (secondary N) is 1. The average molecular weight is 564 g/mol. The zero-order valence-electron chi connectivity index (χ0n) is 18.1. The molecule has 1 N–H and O–H groups in total. The normalized spacial score (nSPS) is 11.2. The second-order valence-corrected chi connectivity index (χ2v) is 12.3. The molecule has 7 heteroatoms. The number of pyridine rings is 3. The molecular formula is C26H25IN4OP+. The predicted octanol–water partition coefficient (Wildman–Crippen LogP) is 3.98. The number of rotatable bonds is 9. The molecule has 4 aromatic rings. The van der Waals surface area contributed by atoms with Crippen molar-refractivity contribution >= 4 is 51.7 Å². The molecule has 3 aromatic heterocycles. The Hall–Kier alpha value is -2.70. The first-order chi connectivity index (χ1) is 16.2. The highest BCUT2D eigenvalue weighted by Crippen LogP contribution is 2.55. The molecule has 1 amide bonds. The lowest BCUT2D eigenvalue weighted by Crippen LogP contribution is -2.34. The Balaban J connectivity index is 1.53. The molecule has 3 heterocycles. The molecule has 0 aliphatic rings. The number of hydrogen-bond donors (Lipinski definition) is 1. The maximum Gasteiger partial charge on any atom is 0.252 e. The SMILES string of the molecule is O=C(NCCCC[P+](c1ccccc1)(c1cccnc1)c1cccnc1)c1ccc([124I])nc1. The molecule has 0 atom stereocenters. The van der Waals surface area contributed by atoms with Crippen molar-refractivity contribution in [2.45, 2.75) is 12.8 Å². The van der Waals surface area contributed by atoms with Crippen molar-refractivity contribution in [3.63, 3.8) is 0 Å². The number of nitrogens with zero attached hydrogens (tertiary/aromatic N) is 3. The van der Waals surface area contributed by atoms with Gasteiger partial charge in [-0.05, 0) is 84.0 Å². The lowest BCUT2D eigenvalue weighted by molar-refractivity contribution is 0.0953. The summed E-state index contributed by atoms with van der Waals surface area (Å²) in [6.45, 7) is 0.625. The van der Waals surface area contributed by atoms with Gasteiger partial charge in [0, 0.05) is 25.1 Å². The third kappa shape index (κ3) is 5.63. The Morgan fingerprint density at radius 1 is 0.788 bits per heavy atom. The van der Waals surface area contributed by atoms with Crippen LogP contribution in [-0.4, -0.2) is 33.6 Å². The van der Waals surface area contributed by atoms with E-state index in [-0.39, 0.29) is 5.91 Å². The van der Waals surface area contributed by atoms with Gasteiger partial charge in [-0.1, -0.05) is 18.2 Å². The van der Waals surface area contributed by atoms with Crippen molar-refractivity contribution in [3.8, 4) is 0 Å². The van der Waals surface area contributed by atoms with Crippen LogP contribution in [0.1, 0.15) is 23.2 Å². The topological polar surface area (TPSA) is 67.8 Å². The van der Waals surface area contributed by atoms with E-state index in [0.29, 0.717) is 12.1 Å². The fourth-order valence-corrected chi connectivity index (χ4v) is 8.54. The van der Waals surface area contributed by atoms with Gasteiger partial charge in [0.1, 0.15) is 26.9 Å². The van der Waals surface area contributed by atoms with E-state index < -0.39 is 7.26 Å². The summed E-state index contributed by atoms with van der Waals surface area (Å²) in [4.78, 5) is 25.5. The molecule has 0 unspecified atom stereocenters. The average Bonchev–Trinajstić information content (AvgIpc) is 2.88. The van der Waals surface area contributed by atoms with E-state index in [1.54, 1.807) is 12.3 Å². The summed E-state index contributed by atoms with van der Waals surface area (Å²) in [6.07, 6.45) is 12.1. The van der Waals surface area contributed by atoms with Crippen LogP contribution >= 0.6 is 29.9 Å². The molecule has 5 nitrogen and oxygen atoms in total. The molecule has 0 saturated heterocycles. The summed E-state index contributed by atoms with van der Waals surface area (Å²) < 4.78 is 0.871. The van der Waals surface area contributed by atoms with Crippen LogP contribution < -0.4 is 21.2 Å². The second-order valence-electron chi connectivity index (χ2n) is 7.62. The molecule has 0 aliphatic carbocycles. The number of hydrogen-bond acceptors (Lipinski definition) is 4. The smallest absolute Gasteiger partial charge is 0.252 e. The Labute approximate surface area is 208 Å². The van der Waals surface area contributed by atoms with Gasteiger partial charge in [0.2, 0.25) is 0 Å². The quantitative estimate of drug-likeness (QED) is 0.145. The molecule has 33 heavy (non-hydrogen) atoms. The van der Waals surface area contributed by atoms with Gasteiger partial charge in [0.15, 0.2) is 0 Å². The van der Waals surface area contributed by atoms with Gasteiger partial charge in [-0.25, -0.2) is 4.98 Å². The Kier molecular flexibility index (Phi) is 8.13. The van der Waals surface area contributed by atoms with Crippen LogP contribution in [0.5, 0.6) is 0 Å². The van der Waals surface area contributed by atoms with Crippen LogP contribution in [0.2, 0.25) is 0 Å². The van der Waals surface area contributed by atoms with Crippen LogP contribution in [0.15, 0.2) is 97.7 Å². The van der Waals surface area contributed by atoms with Gasteiger partial charge in [-0.2, -0.15) is 0 Å². The van der Waals surface area contributed by atoms with Crippen molar-refractivity contribution in [2.24, 2.45) is 0 Å². The molecule has 0 spiro atoms. The zero-order chi connectivity index (χ0) is 22.9. The maximum absolute atomic E-state index is 12.4. The van der Waals surface area contributed by atoms with Gasteiger partial charge < -0.3 is 5.32 Å². The van der Waals surface area contributed by atoms with E-state index in [2.05, 4.69) is 85.3 Å². The number of benzene rings is 1. The molecule has 1 aromatic carbocycles. The summed E-state index contributed by atoms with van der Waals surface area (Å²) in [7, 11) is -1.93. The fraction of sp³-hybridized carbons (Fsp3) is 0.154. The van der Waals surface area contributed by atoms with Crippen LogP contribution in [0.3, 0.4) is 0 Å². The van der Waals surface area contributed by atoms with Gasteiger partial charge in [-0.3, -0.25) is 14.8 Å². The van der Waals surface area contributed by atoms with Crippen molar-refractivity contribution in [3.05, 3.63) is 107 Å². The van der Waals surface area contributed by atoms with Gasteiger partial charge >= 0.3 is 0 Å². The summed E-state index contributed by atoms with van der Waals surface area (Å²) in [5, 5.41) is 6.85. The standard InChI is InChI=1S/C26H24IN4OP/c27-25-13-12-21(18-31-25)26(32)30-16-4-5-17-33(22-8-2-1-3-9-22,23-10-6-14-28-19-23)24-11-7-15-29-20-24/h1-3,6-15,18-20H,4-5,16-17H2/p+1/i27-3. The predicted molar refractivity (Wildman–Crippen MR) is 144 cm³/mol. The van der Waals surface area contributed by atoms with Gasteiger partial charge in [-0.15, -0.1) is 0 Å². The molecule has 0 bridgehead atoms. The highest BCUT2D eigenvalue weighted by molar-refractivity contribution is 14.1. The maximum atomic E-state index is 12.4. The minimum Gasteiger partial charge on any atom is -0.352 e. The van der Waals surface area contributed by atoms with Crippen molar-refractivity contribution in [1.82, 2.24) is 20.3 Å². The first-order valence-corrected chi connectivity index (χ1v) is 13.9. The van der Waals surface area contributed by atoms with Crippen molar-refractivity contribution in [2.75, 3.05) is 12.7 Å². The fourth-order valence-electron chi connectivity index (χ4n) is 3.96. The van der Waals surface area contributed by atoms with Crippen LogP contribution in [0.4, 0.5) is 0 Å². The Morgan fingerprint density at radius 2 is 1.45 bits per heavy atom. The molecule has 4 rings (SSSR count). The van der Waals surface area contributed by atoms with E-state index in [0.717, 1.165) is 22.7 Å².